The molecule has 3 aromatic rings. The Kier molecular flexibility index (Phi) is 6.88. The van der Waals surface area contributed by atoms with Crippen LogP contribution in [0.15, 0.2) is 55.3 Å². The summed E-state index contributed by atoms with van der Waals surface area (Å²) in [6.07, 6.45) is -1.26. The molecule has 0 unspecified atom stereocenters. The van der Waals surface area contributed by atoms with Gasteiger partial charge < -0.3 is 10.6 Å². The molecule has 192 valence electrons. The molecule has 0 spiro atoms. The number of halogens is 3. The van der Waals surface area contributed by atoms with Crippen molar-refractivity contribution in [2.24, 2.45) is 0 Å². The highest BCUT2D eigenvalue weighted by atomic mass is 19.4. The minimum atomic E-state index is -4.60. The summed E-state index contributed by atoms with van der Waals surface area (Å²) in [5.74, 6) is -0.267. The average Bonchev–Trinajstić information content (AvgIpc) is 2.86. The quantitative estimate of drug-likeness (QED) is 0.409. The van der Waals surface area contributed by atoms with Crippen LogP contribution < -0.4 is 20.4 Å². The summed E-state index contributed by atoms with van der Waals surface area (Å²) < 4.78 is 39.6. The number of hydrogen-bond donors (Lipinski definition) is 2. The highest BCUT2D eigenvalue weighted by Crippen LogP contribution is 2.36. The smallest absolute Gasteiger partial charge is 0.322 e. The van der Waals surface area contributed by atoms with Crippen LogP contribution in [0.2, 0.25) is 0 Å². The molecule has 0 saturated carbocycles. The molecule has 0 radical (unpaired) electrons. The Labute approximate surface area is 211 Å². The van der Waals surface area contributed by atoms with Crippen molar-refractivity contribution in [2.45, 2.75) is 33.0 Å². The van der Waals surface area contributed by atoms with Crippen molar-refractivity contribution in [3.05, 3.63) is 77.5 Å². The second-order valence-electron chi connectivity index (χ2n) is 8.58. The van der Waals surface area contributed by atoms with Crippen LogP contribution >= 0.6 is 0 Å². The third kappa shape index (κ3) is 5.40. The summed E-state index contributed by atoms with van der Waals surface area (Å²) in [7, 11) is 1.59. The van der Waals surface area contributed by atoms with Crippen molar-refractivity contribution in [3.63, 3.8) is 0 Å². The van der Waals surface area contributed by atoms with Crippen molar-refractivity contribution in [1.82, 2.24) is 9.97 Å². The molecule has 0 saturated heterocycles. The van der Waals surface area contributed by atoms with E-state index in [0.29, 0.717) is 11.4 Å². The average molecular weight is 511 g/mol. The number of nitrogens with zero attached hydrogens (tertiary/aromatic N) is 4. The van der Waals surface area contributed by atoms with Gasteiger partial charge in [-0.1, -0.05) is 19.6 Å². The number of rotatable bonds is 6. The van der Waals surface area contributed by atoms with Gasteiger partial charge in [-0.3, -0.25) is 14.6 Å². The molecule has 8 nitrogen and oxygen atoms in total. The van der Waals surface area contributed by atoms with E-state index in [1.165, 1.54) is 11.0 Å². The van der Waals surface area contributed by atoms with Gasteiger partial charge in [-0.25, -0.2) is 9.78 Å². The van der Waals surface area contributed by atoms with E-state index in [9.17, 15) is 22.8 Å². The Morgan fingerprint density at radius 2 is 1.95 bits per heavy atom. The molecule has 1 aliphatic heterocycles. The summed E-state index contributed by atoms with van der Waals surface area (Å²) in [6.45, 7) is 7.60. The van der Waals surface area contributed by atoms with Gasteiger partial charge in [0.25, 0.3) is 0 Å². The van der Waals surface area contributed by atoms with Gasteiger partial charge in [-0.15, -0.1) is 0 Å². The molecular weight excluding hydrogens is 485 g/mol. The van der Waals surface area contributed by atoms with Gasteiger partial charge in [0.1, 0.15) is 5.82 Å². The van der Waals surface area contributed by atoms with Crippen LogP contribution in [0.3, 0.4) is 0 Å². The molecule has 0 bridgehead atoms. The van der Waals surface area contributed by atoms with E-state index in [2.05, 4.69) is 33.2 Å². The van der Waals surface area contributed by atoms with Crippen LogP contribution in [0.25, 0.3) is 0 Å². The number of fused-ring (bicyclic) bond motifs is 1. The first kappa shape index (κ1) is 25.7. The number of carbonyl (C=O) groups excluding carboxylic acids is 2. The van der Waals surface area contributed by atoms with Crippen molar-refractivity contribution in [1.29, 1.82) is 0 Å². The summed E-state index contributed by atoms with van der Waals surface area (Å²) in [5, 5.41) is 5.20. The number of benzene rings is 2. The first-order valence-electron chi connectivity index (χ1n) is 11.4. The van der Waals surface area contributed by atoms with Crippen LogP contribution in [-0.4, -0.2) is 29.0 Å². The Morgan fingerprint density at radius 1 is 1.19 bits per heavy atom. The Morgan fingerprint density at radius 3 is 2.62 bits per heavy atom. The summed E-state index contributed by atoms with van der Waals surface area (Å²) >= 11 is 0. The van der Waals surface area contributed by atoms with E-state index < -0.39 is 17.6 Å². The van der Waals surface area contributed by atoms with Crippen LogP contribution in [0.4, 0.5) is 46.8 Å². The van der Waals surface area contributed by atoms with Crippen molar-refractivity contribution >= 4 is 40.8 Å². The minimum Gasteiger partial charge on any atom is -0.322 e. The van der Waals surface area contributed by atoms with E-state index in [1.54, 1.807) is 18.1 Å². The van der Waals surface area contributed by atoms with Crippen LogP contribution in [0, 0.1) is 6.92 Å². The third-order valence-corrected chi connectivity index (χ3v) is 5.88. The zero-order valence-electron chi connectivity index (χ0n) is 20.5. The first-order chi connectivity index (χ1) is 17.5. The number of carbonyl (C=O) groups is 2. The molecule has 1 aliphatic rings. The van der Waals surface area contributed by atoms with Gasteiger partial charge in [0.2, 0.25) is 11.9 Å². The standard InChI is InChI=1S/C26H25F3N6O2/c1-5-16-9-15(3)10-19(11-16)35-14-17-13-30-24(33-23(17)34(4)25(35)37)32-20-8-7-18(26(27,28)29)12-21(20)31-22(36)6-2/h6-13H,2,5,14H2,1,3-4H3,(H,31,36)(H,30,32,33). The van der Waals surface area contributed by atoms with E-state index in [-0.39, 0.29) is 29.9 Å². The fourth-order valence-electron chi connectivity index (χ4n) is 4.01. The van der Waals surface area contributed by atoms with Crippen molar-refractivity contribution in [2.75, 3.05) is 27.5 Å². The molecule has 11 heteroatoms. The topological polar surface area (TPSA) is 90.5 Å². The predicted molar refractivity (Wildman–Crippen MR) is 136 cm³/mol. The SMILES string of the molecule is C=CC(=O)Nc1cc(C(F)(F)F)ccc1Nc1ncc2c(n1)N(C)C(=O)N(c1cc(C)cc(CC)c1)C2. The number of amides is 3. The van der Waals surface area contributed by atoms with E-state index in [4.69, 9.17) is 0 Å². The van der Waals surface area contributed by atoms with Crippen molar-refractivity contribution in [3.8, 4) is 0 Å². The van der Waals surface area contributed by atoms with Crippen LogP contribution in [0.1, 0.15) is 29.2 Å². The number of aryl methyl sites for hydroxylation is 2. The van der Waals surface area contributed by atoms with Crippen LogP contribution in [0.5, 0.6) is 0 Å². The fourth-order valence-corrected chi connectivity index (χ4v) is 4.01. The fraction of sp³-hybridized carbons (Fsp3) is 0.231. The molecule has 0 aliphatic carbocycles. The van der Waals surface area contributed by atoms with Gasteiger partial charge in [0.05, 0.1) is 23.5 Å². The molecule has 0 fully saturated rings. The maximum absolute atomic E-state index is 13.2. The van der Waals surface area contributed by atoms with Gasteiger partial charge in [0.15, 0.2) is 0 Å². The highest BCUT2D eigenvalue weighted by Gasteiger charge is 2.32. The van der Waals surface area contributed by atoms with Gasteiger partial charge in [-0.05, 0) is 60.9 Å². The maximum Gasteiger partial charge on any atom is 0.416 e. The number of urea groups is 1. The predicted octanol–water partition coefficient (Wildman–Crippen LogP) is 5.81. The number of alkyl halides is 3. The second-order valence-corrected chi connectivity index (χ2v) is 8.58. The summed E-state index contributed by atoms with van der Waals surface area (Å²) in [6, 6.07) is 8.57. The van der Waals surface area contributed by atoms with Crippen molar-refractivity contribution < 1.29 is 22.8 Å². The van der Waals surface area contributed by atoms with E-state index in [0.717, 1.165) is 41.4 Å². The zero-order valence-corrected chi connectivity index (χ0v) is 20.5. The minimum absolute atomic E-state index is 0.0459. The molecule has 0 atom stereocenters. The zero-order chi connectivity index (χ0) is 26.9. The normalized spacial score (nSPS) is 13.3. The number of anilines is 5. The summed E-state index contributed by atoms with van der Waals surface area (Å²) in [5.41, 5.74) is 2.71. The molecule has 1 aromatic heterocycles. The largest absolute Gasteiger partial charge is 0.416 e. The maximum atomic E-state index is 13.2. The molecule has 3 amide bonds. The highest BCUT2D eigenvalue weighted by molar-refractivity contribution is 6.05. The van der Waals surface area contributed by atoms with E-state index in [1.807, 2.05) is 26.0 Å². The Balaban J connectivity index is 1.65. The Bertz CT molecular complexity index is 1390. The molecule has 2 N–H and O–H groups in total. The van der Waals surface area contributed by atoms with Gasteiger partial charge in [-0.2, -0.15) is 18.2 Å². The lowest BCUT2D eigenvalue weighted by Crippen LogP contribution is -2.46. The molecule has 4 rings (SSSR count). The summed E-state index contributed by atoms with van der Waals surface area (Å²) in [4.78, 5) is 36.8. The number of aromatic nitrogens is 2. The lowest BCUT2D eigenvalue weighted by molar-refractivity contribution is -0.137. The van der Waals surface area contributed by atoms with E-state index >= 15 is 0 Å². The monoisotopic (exact) mass is 510 g/mol. The Hall–Kier alpha value is -4.41. The lowest BCUT2D eigenvalue weighted by Gasteiger charge is -2.34. The molecule has 2 heterocycles. The lowest BCUT2D eigenvalue weighted by atomic mass is 10.1. The molecule has 2 aromatic carbocycles. The first-order valence-corrected chi connectivity index (χ1v) is 11.4. The molecule has 37 heavy (non-hydrogen) atoms. The number of hydrogen-bond acceptors (Lipinski definition) is 5. The molecular formula is C26H25F3N6O2. The van der Waals surface area contributed by atoms with Crippen LogP contribution in [-0.2, 0) is 23.9 Å². The number of nitrogens with one attached hydrogen (secondary N) is 2. The second kappa shape index (κ2) is 9.92. The third-order valence-electron chi connectivity index (χ3n) is 5.88. The van der Waals surface area contributed by atoms with Gasteiger partial charge >= 0.3 is 12.2 Å². The van der Waals surface area contributed by atoms with Gasteiger partial charge in [0, 0.05) is 24.5 Å².